The Morgan fingerprint density at radius 2 is 2.35 bits per heavy atom. The molecule has 0 amide bonds. The second kappa shape index (κ2) is 4.67. The van der Waals surface area contributed by atoms with E-state index in [1.54, 1.807) is 6.92 Å². The molecule has 0 radical (unpaired) electrons. The molecule has 2 heterocycles. The summed E-state index contributed by atoms with van der Waals surface area (Å²) < 4.78 is 39.2. The molecule has 1 aromatic heterocycles. The van der Waals surface area contributed by atoms with Gasteiger partial charge in [0.15, 0.2) is 5.82 Å². The second-order valence-corrected chi connectivity index (χ2v) is 5.77. The standard InChI is InChI=1S/C10H14FN3O2S/c1-8-7-12-5-6-14(8)17(15,16)10-9(11)3-2-4-13-10/h2-4,8,12H,5-7H2,1H3/t8-/m0/s1. The van der Waals surface area contributed by atoms with Gasteiger partial charge in [-0.15, -0.1) is 0 Å². The number of hydrogen-bond donors (Lipinski definition) is 1. The lowest BCUT2D eigenvalue weighted by molar-refractivity contribution is 0.282. The van der Waals surface area contributed by atoms with Gasteiger partial charge in [-0.3, -0.25) is 0 Å². The third-order valence-electron chi connectivity index (χ3n) is 2.72. The average molecular weight is 259 g/mol. The van der Waals surface area contributed by atoms with Crippen LogP contribution in [0.15, 0.2) is 23.4 Å². The van der Waals surface area contributed by atoms with Crippen molar-refractivity contribution in [3.05, 3.63) is 24.1 Å². The molecule has 17 heavy (non-hydrogen) atoms. The second-order valence-electron chi connectivity index (χ2n) is 3.96. The first-order valence-electron chi connectivity index (χ1n) is 5.36. The average Bonchev–Trinajstić information content (AvgIpc) is 2.29. The zero-order valence-corrected chi connectivity index (χ0v) is 10.2. The van der Waals surface area contributed by atoms with Gasteiger partial charge in [-0.2, -0.15) is 4.31 Å². The van der Waals surface area contributed by atoms with Crippen LogP contribution in [0, 0.1) is 5.82 Å². The van der Waals surface area contributed by atoms with E-state index >= 15 is 0 Å². The van der Waals surface area contributed by atoms with E-state index in [1.807, 2.05) is 0 Å². The predicted octanol–water partition coefficient (Wildman–Crippen LogP) is 0.203. The Kier molecular flexibility index (Phi) is 3.41. The van der Waals surface area contributed by atoms with Gasteiger partial charge in [-0.1, -0.05) is 0 Å². The molecule has 0 spiro atoms. The molecule has 1 aliphatic heterocycles. The number of nitrogens with one attached hydrogen (secondary N) is 1. The van der Waals surface area contributed by atoms with Gasteiger partial charge in [0.2, 0.25) is 5.03 Å². The minimum absolute atomic E-state index is 0.199. The molecule has 2 rings (SSSR count). The number of hydrogen-bond acceptors (Lipinski definition) is 4. The zero-order valence-electron chi connectivity index (χ0n) is 9.43. The summed E-state index contributed by atoms with van der Waals surface area (Å²) in [7, 11) is -3.83. The number of piperazine rings is 1. The van der Waals surface area contributed by atoms with Gasteiger partial charge < -0.3 is 5.32 Å². The quantitative estimate of drug-likeness (QED) is 0.824. The Morgan fingerprint density at radius 3 is 3.00 bits per heavy atom. The van der Waals surface area contributed by atoms with Gasteiger partial charge >= 0.3 is 0 Å². The summed E-state index contributed by atoms with van der Waals surface area (Å²) in [6, 6.07) is 2.28. The first-order chi connectivity index (χ1) is 8.03. The van der Waals surface area contributed by atoms with Crippen molar-refractivity contribution in [2.45, 2.75) is 18.0 Å². The fourth-order valence-corrected chi connectivity index (χ4v) is 3.46. The number of rotatable bonds is 2. The van der Waals surface area contributed by atoms with Crippen molar-refractivity contribution in [1.29, 1.82) is 0 Å². The molecular formula is C10H14FN3O2S. The van der Waals surface area contributed by atoms with E-state index in [0.29, 0.717) is 19.6 Å². The van der Waals surface area contributed by atoms with Crippen LogP contribution >= 0.6 is 0 Å². The van der Waals surface area contributed by atoms with Crippen LogP contribution in [-0.2, 0) is 10.0 Å². The zero-order chi connectivity index (χ0) is 12.5. The summed E-state index contributed by atoms with van der Waals surface area (Å²) in [5, 5.41) is 2.59. The van der Waals surface area contributed by atoms with Crippen LogP contribution in [0.3, 0.4) is 0 Å². The molecular weight excluding hydrogens is 245 g/mol. The Morgan fingerprint density at radius 1 is 1.59 bits per heavy atom. The Bertz CT molecular complexity index is 506. The molecule has 0 aromatic carbocycles. The van der Waals surface area contributed by atoms with Crippen LogP contribution in [0.2, 0.25) is 0 Å². The van der Waals surface area contributed by atoms with Crippen molar-refractivity contribution >= 4 is 10.0 Å². The van der Waals surface area contributed by atoms with E-state index in [0.717, 1.165) is 6.07 Å². The lowest BCUT2D eigenvalue weighted by Crippen LogP contribution is -2.52. The van der Waals surface area contributed by atoms with Crippen LogP contribution in [0.4, 0.5) is 4.39 Å². The van der Waals surface area contributed by atoms with Gasteiger partial charge in [0.1, 0.15) is 0 Å². The Balaban J connectivity index is 2.39. The normalized spacial score (nSPS) is 22.6. The molecule has 7 heteroatoms. The van der Waals surface area contributed by atoms with Gasteiger partial charge in [-0.05, 0) is 19.1 Å². The van der Waals surface area contributed by atoms with Crippen LogP contribution in [0.1, 0.15) is 6.92 Å². The summed E-state index contributed by atoms with van der Waals surface area (Å²) in [5.41, 5.74) is 0. The number of halogens is 1. The highest BCUT2D eigenvalue weighted by molar-refractivity contribution is 7.89. The fourth-order valence-electron chi connectivity index (χ4n) is 1.85. The summed E-state index contributed by atoms with van der Waals surface area (Å²) in [6.07, 6.45) is 1.28. The van der Waals surface area contributed by atoms with Gasteiger partial charge in [0, 0.05) is 31.9 Å². The van der Waals surface area contributed by atoms with Crippen LogP contribution in [0.5, 0.6) is 0 Å². The molecule has 0 saturated carbocycles. The van der Waals surface area contributed by atoms with Crippen molar-refractivity contribution in [2.24, 2.45) is 0 Å². The largest absolute Gasteiger partial charge is 0.314 e. The smallest absolute Gasteiger partial charge is 0.263 e. The maximum Gasteiger partial charge on any atom is 0.263 e. The number of aromatic nitrogens is 1. The Labute approximate surface area is 99.7 Å². The van der Waals surface area contributed by atoms with Crippen molar-refractivity contribution in [1.82, 2.24) is 14.6 Å². The Hall–Kier alpha value is -1.05. The third kappa shape index (κ3) is 2.31. The maximum absolute atomic E-state index is 13.5. The van der Waals surface area contributed by atoms with E-state index < -0.39 is 20.9 Å². The monoisotopic (exact) mass is 259 g/mol. The van der Waals surface area contributed by atoms with Crippen LogP contribution in [-0.4, -0.2) is 43.4 Å². The molecule has 0 unspecified atom stereocenters. The van der Waals surface area contributed by atoms with Crippen LogP contribution in [0.25, 0.3) is 0 Å². The van der Waals surface area contributed by atoms with Gasteiger partial charge in [0.25, 0.3) is 10.0 Å². The van der Waals surface area contributed by atoms with Crippen molar-refractivity contribution in [3.63, 3.8) is 0 Å². The molecule has 1 saturated heterocycles. The van der Waals surface area contributed by atoms with Crippen molar-refractivity contribution in [3.8, 4) is 0 Å². The molecule has 0 bridgehead atoms. The maximum atomic E-state index is 13.5. The highest BCUT2D eigenvalue weighted by atomic mass is 32.2. The van der Waals surface area contributed by atoms with Crippen LogP contribution < -0.4 is 5.32 Å². The molecule has 1 atom stereocenters. The third-order valence-corrected chi connectivity index (χ3v) is 4.67. The molecule has 1 N–H and O–H groups in total. The number of pyridine rings is 1. The van der Waals surface area contributed by atoms with E-state index in [9.17, 15) is 12.8 Å². The van der Waals surface area contributed by atoms with Gasteiger partial charge in [0.05, 0.1) is 0 Å². The number of sulfonamides is 1. The minimum atomic E-state index is -3.83. The molecule has 1 aliphatic rings. The molecule has 5 nitrogen and oxygen atoms in total. The molecule has 1 aromatic rings. The highest BCUT2D eigenvalue weighted by Gasteiger charge is 2.33. The van der Waals surface area contributed by atoms with Gasteiger partial charge in [-0.25, -0.2) is 17.8 Å². The van der Waals surface area contributed by atoms with Crippen molar-refractivity contribution < 1.29 is 12.8 Å². The van der Waals surface area contributed by atoms with E-state index in [-0.39, 0.29) is 6.04 Å². The summed E-state index contributed by atoms with van der Waals surface area (Å²) >= 11 is 0. The van der Waals surface area contributed by atoms with E-state index in [4.69, 9.17) is 0 Å². The molecule has 0 aliphatic carbocycles. The summed E-state index contributed by atoms with van der Waals surface area (Å²) in [6.45, 7) is 3.25. The summed E-state index contributed by atoms with van der Waals surface area (Å²) in [4.78, 5) is 3.63. The number of nitrogens with zero attached hydrogens (tertiary/aromatic N) is 2. The van der Waals surface area contributed by atoms with E-state index in [1.165, 1.54) is 16.6 Å². The lowest BCUT2D eigenvalue weighted by Gasteiger charge is -2.32. The first-order valence-corrected chi connectivity index (χ1v) is 6.80. The molecule has 1 fully saturated rings. The topological polar surface area (TPSA) is 62.3 Å². The fraction of sp³-hybridized carbons (Fsp3) is 0.500. The first kappa shape index (κ1) is 12.4. The van der Waals surface area contributed by atoms with Crippen molar-refractivity contribution in [2.75, 3.05) is 19.6 Å². The predicted molar refractivity (Wildman–Crippen MR) is 60.4 cm³/mol. The minimum Gasteiger partial charge on any atom is -0.314 e. The summed E-state index contributed by atoms with van der Waals surface area (Å²) in [5.74, 6) is -0.807. The van der Waals surface area contributed by atoms with E-state index in [2.05, 4.69) is 10.3 Å². The SMILES string of the molecule is C[C@H]1CNCCN1S(=O)(=O)c1ncccc1F. The highest BCUT2D eigenvalue weighted by Crippen LogP contribution is 2.19. The molecule has 94 valence electrons. The lowest BCUT2D eigenvalue weighted by atomic mass is 10.3.